The number of carbonyl (C=O) groups excluding carboxylic acids is 3. The van der Waals surface area contributed by atoms with E-state index in [1.165, 1.54) is 37.7 Å². The Kier molecular flexibility index (Phi) is 7.40. The van der Waals surface area contributed by atoms with Crippen LogP contribution in [-0.2, 0) is 9.53 Å². The molecule has 0 aliphatic carbocycles. The quantitative estimate of drug-likeness (QED) is 0.416. The maximum Gasteiger partial charge on any atom is 0.358 e. The summed E-state index contributed by atoms with van der Waals surface area (Å²) in [7, 11) is 2.93. The average molecular weight is 455 g/mol. The molecular weight excluding hydrogens is 434 g/mol. The number of aryl methyl sites for hydroxylation is 1. The second-order valence-corrected chi connectivity index (χ2v) is 7.41. The van der Waals surface area contributed by atoms with Crippen LogP contribution in [0.5, 0.6) is 11.5 Å². The zero-order valence-electron chi connectivity index (χ0n) is 17.6. The average Bonchev–Trinajstić information content (AvgIpc) is 3.31. The molecule has 166 valence electrons. The molecule has 0 unspecified atom stereocenters. The minimum absolute atomic E-state index is 0.104. The van der Waals surface area contributed by atoms with E-state index in [9.17, 15) is 14.4 Å². The number of ether oxygens (including phenoxy) is 3. The van der Waals surface area contributed by atoms with Crippen molar-refractivity contribution in [1.82, 2.24) is 15.8 Å². The van der Waals surface area contributed by atoms with E-state index in [1.54, 1.807) is 11.4 Å². The number of hydrogen-bond donors (Lipinski definition) is 2. The van der Waals surface area contributed by atoms with Crippen molar-refractivity contribution in [3.05, 3.63) is 64.7 Å². The number of carbonyl (C=O) groups is 3. The number of rotatable bonds is 7. The van der Waals surface area contributed by atoms with Crippen molar-refractivity contribution >= 4 is 29.1 Å². The first kappa shape index (κ1) is 22.8. The van der Waals surface area contributed by atoms with Crippen molar-refractivity contribution in [2.75, 3.05) is 20.8 Å². The molecule has 1 heterocycles. The highest BCUT2D eigenvalue weighted by Gasteiger charge is 2.16. The predicted molar refractivity (Wildman–Crippen MR) is 118 cm³/mol. The number of nitrogens with zero attached hydrogens (tertiary/aromatic N) is 1. The molecule has 32 heavy (non-hydrogen) atoms. The van der Waals surface area contributed by atoms with Crippen molar-refractivity contribution in [3.8, 4) is 22.1 Å². The molecule has 9 nitrogen and oxygen atoms in total. The molecule has 0 aliphatic heterocycles. The van der Waals surface area contributed by atoms with Gasteiger partial charge < -0.3 is 14.2 Å². The van der Waals surface area contributed by atoms with Crippen LogP contribution in [0.4, 0.5) is 0 Å². The van der Waals surface area contributed by atoms with Crippen LogP contribution in [0.15, 0.2) is 47.8 Å². The summed E-state index contributed by atoms with van der Waals surface area (Å²) in [4.78, 5) is 40.5. The Morgan fingerprint density at radius 3 is 2.38 bits per heavy atom. The van der Waals surface area contributed by atoms with E-state index < -0.39 is 24.4 Å². The van der Waals surface area contributed by atoms with Gasteiger partial charge in [-0.3, -0.25) is 20.4 Å². The second kappa shape index (κ2) is 10.4. The number of thiazole rings is 1. The first-order chi connectivity index (χ1) is 15.4. The Morgan fingerprint density at radius 1 is 0.969 bits per heavy atom. The standard InChI is InChI=1S/C22H21N3O6S/c1-13-4-6-14(7-5-13)21-23-16(12-32-21)22(28)31-11-19(26)24-25-20(27)15-8-9-17(29-2)18(10-15)30-3/h4-10,12H,11H2,1-3H3,(H,24,26)(H,25,27). The van der Waals surface area contributed by atoms with Crippen molar-refractivity contribution in [2.45, 2.75) is 6.92 Å². The molecule has 2 N–H and O–H groups in total. The highest BCUT2D eigenvalue weighted by Crippen LogP contribution is 2.27. The SMILES string of the molecule is COc1ccc(C(=O)NNC(=O)COC(=O)c2csc(-c3ccc(C)cc3)n2)cc1OC. The van der Waals surface area contributed by atoms with Gasteiger partial charge in [-0.1, -0.05) is 29.8 Å². The third-order valence-electron chi connectivity index (χ3n) is 4.31. The number of esters is 1. The second-order valence-electron chi connectivity index (χ2n) is 6.55. The zero-order valence-corrected chi connectivity index (χ0v) is 18.4. The Bertz CT molecular complexity index is 1130. The monoisotopic (exact) mass is 455 g/mol. The summed E-state index contributed by atoms with van der Waals surface area (Å²) in [6, 6.07) is 12.3. The lowest BCUT2D eigenvalue weighted by molar-refractivity contribution is -0.125. The van der Waals surface area contributed by atoms with Crippen LogP contribution in [0.2, 0.25) is 0 Å². The van der Waals surface area contributed by atoms with Gasteiger partial charge in [0.05, 0.1) is 14.2 Å². The van der Waals surface area contributed by atoms with Crippen molar-refractivity contribution < 1.29 is 28.6 Å². The highest BCUT2D eigenvalue weighted by atomic mass is 32.1. The predicted octanol–water partition coefficient (Wildman–Crippen LogP) is 2.75. The van der Waals surface area contributed by atoms with E-state index in [0.717, 1.165) is 11.1 Å². The molecule has 0 aliphatic rings. The van der Waals surface area contributed by atoms with Crippen molar-refractivity contribution in [1.29, 1.82) is 0 Å². The third kappa shape index (κ3) is 5.61. The number of methoxy groups -OCH3 is 2. The van der Waals surface area contributed by atoms with E-state index in [-0.39, 0.29) is 11.3 Å². The Morgan fingerprint density at radius 2 is 1.69 bits per heavy atom. The molecule has 0 bridgehead atoms. The van der Waals surface area contributed by atoms with E-state index in [1.807, 2.05) is 31.2 Å². The molecule has 1 aromatic heterocycles. The molecule has 0 atom stereocenters. The van der Waals surface area contributed by atoms with E-state index in [4.69, 9.17) is 14.2 Å². The number of hydrazine groups is 1. The van der Waals surface area contributed by atoms with Crippen LogP contribution in [0, 0.1) is 6.92 Å². The van der Waals surface area contributed by atoms with Gasteiger partial charge >= 0.3 is 5.97 Å². The van der Waals surface area contributed by atoms with E-state index in [2.05, 4.69) is 15.8 Å². The van der Waals surface area contributed by atoms with Crippen LogP contribution >= 0.6 is 11.3 Å². The lowest BCUT2D eigenvalue weighted by Gasteiger charge is -2.10. The first-order valence-corrected chi connectivity index (χ1v) is 10.3. The highest BCUT2D eigenvalue weighted by molar-refractivity contribution is 7.13. The molecule has 3 aromatic rings. The maximum atomic E-state index is 12.2. The minimum atomic E-state index is -0.735. The molecule has 2 aromatic carbocycles. The summed E-state index contributed by atoms with van der Waals surface area (Å²) >= 11 is 1.30. The Balaban J connectivity index is 1.49. The van der Waals surface area contributed by atoms with Crippen LogP contribution in [-0.4, -0.2) is 43.6 Å². The summed E-state index contributed by atoms with van der Waals surface area (Å²) in [6.07, 6.45) is 0. The van der Waals surface area contributed by atoms with Gasteiger partial charge in [-0.05, 0) is 25.1 Å². The zero-order chi connectivity index (χ0) is 23.1. The molecule has 2 amide bonds. The van der Waals surface area contributed by atoms with Crippen molar-refractivity contribution in [3.63, 3.8) is 0 Å². The maximum absolute atomic E-state index is 12.2. The van der Waals surface area contributed by atoms with Gasteiger partial charge in [0.1, 0.15) is 5.01 Å². The Hall–Kier alpha value is -3.92. The van der Waals surface area contributed by atoms with E-state index in [0.29, 0.717) is 16.5 Å². The van der Waals surface area contributed by atoms with Gasteiger partial charge in [0.25, 0.3) is 11.8 Å². The molecule has 0 saturated heterocycles. The fourth-order valence-corrected chi connectivity index (χ4v) is 3.41. The fourth-order valence-electron chi connectivity index (χ4n) is 2.61. The Labute approximate surface area is 188 Å². The number of amides is 2. The molecule has 0 saturated carbocycles. The van der Waals surface area contributed by atoms with Crippen LogP contribution in [0.3, 0.4) is 0 Å². The van der Waals surface area contributed by atoms with Gasteiger partial charge in [-0.25, -0.2) is 9.78 Å². The van der Waals surface area contributed by atoms with Crippen LogP contribution in [0.1, 0.15) is 26.4 Å². The third-order valence-corrected chi connectivity index (χ3v) is 5.20. The summed E-state index contributed by atoms with van der Waals surface area (Å²) in [6.45, 7) is 1.40. The molecule has 10 heteroatoms. The van der Waals surface area contributed by atoms with Gasteiger partial charge in [0.15, 0.2) is 23.8 Å². The lowest BCUT2D eigenvalue weighted by Crippen LogP contribution is -2.43. The van der Waals surface area contributed by atoms with Crippen LogP contribution in [0.25, 0.3) is 10.6 Å². The number of nitrogens with one attached hydrogen (secondary N) is 2. The van der Waals surface area contributed by atoms with Crippen LogP contribution < -0.4 is 20.3 Å². The summed E-state index contributed by atoms with van der Waals surface area (Å²) < 4.78 is 15.2. The first-order valence-electron chi connectivity index (χ1n) is 9.42. The molecule has 0 radical (unpaired) electrons. The molecular formula is C22H21N3O6S. The lowest BCUT2D eigenvalue weighted by atomic mass is 10.2. The van der Waals surface area contributed by atoms with E-state index >= 15 is 0 Å². The topological polar surface area (TPSA) is 116 Å². The fraction of sp³-hybridized carbons (Fsp3) is 0.182. The van der Waals surface area contributed by atoms with Crippen molar-refractivity contribution in [2.24, 2.45) is 0 Å². The van der Waals surface area contributed by atoms with Gasteiger partial charge in [-0.2, -0.15) is 0 Å². The molecule has 0 fully saturated rings. The summed E-state index contributed by atoms with van der Waals surface area (Å²) in [5, 5.41) is 2.23. The van der Waals surface area contributed by atoms with Gasteiger partial charge in [0, 0.05) is 16.5 Å². The normalized spacial score (nSPS) is 10.2. The van der Waals surface area contributed by atoms with Gasteiger partial charge in [0.2, 0.25) is 0 Å². The minimum Gasteiger partial charge on any atom is -0.493 e. The molecule has 3 rings (SSSR count). The smallest absolute Gasteiger partial charge is 0.358 e. The molecule has 0 spiro atoms. The number of hydrogen-bond acceptors (Lipinski definition) is 8. The number of aromatic nitrogens is 1. The van der Waals surface area contributed by atoms with Gasteiger partial charge in [-0.15, -0.1) is 11.3 Å². The summed E-state index contributed by atoms with van der Waals surface area (Å²) in [5.41, 5.74) is 6.78. The number of benzene rings is 2. The largest absolute Gasteiger partial charge is 0.493 e. The summed E-state index contributed by atoms with van der Waals surface area (Å²) in [5.74, 6) is -1.18.